The third-order valence-electron chi connectivity index (χ3n) is 6.42. The van der Waals surface area contributed by atoms with Gasteiger partial charge in [-0.15, -0.1) is 0 Å². The number of ether oxygens (including phenoxy) is 2. The molecule has 0 saturated heterocycles. The van der Waals surface area contributed by atoms with Gasteiger partial charge < -0.3 is 9.47 Å². The summed E-state index contributed by atoms with van der Waals surface area (Å²) in [7, 11) is 0. The van der Waals surface area contributed by atoms with Crippen LogP contribution in [-0.2, 0) is 0 Å². The molecule has 0 spiro atoms. The molecule has 0 saturated carbocycles. The highest BCUT2D eigenvalue weighted by atomic mass is 19.2. The molecular formula is C34H33F3O2. The third kappa shape index (κ3) is 7.32. The van der Waals surface area contributed by atoms with Gasteiger partial charge in [-0.25, -0.2) is 13.2 Å². The highest BCUT2D eigenvalue weighted by Crippen LogP contribution is 2.32. The lowest BCUT2D eigenvalue weighted by molar-refractivity contribution is 0.294. The van der Waals surface area contributed by atoms with Crippen LogP contribution in [0.1, 0.15) is 50.7 Å². The van der Waals surface area contributed by atoms with Gasteiger partial charge in [-0.1, -0.05) is 93.4 Å². The van der Waals surface area contributed by atoms with Gasteiger partial charge in [-0.2, -0.15) is 0 Å². The second-order valence-corrected chi connectivity index (χ2v) is 9.36. The highest BCUT2D eigenvalue weighted by Gasteiger charge is 2.16. The van der Waals surface area contributed by atoms with Crippen LogP contribution < -0.4 is 9.47 Å². The molecule has 0 aromatic heterocycles. The topological polar surface area (TPSA) is 18.5 Å². The first-order valence-electron chi connectivity index (χ1n) is 13.4. The van der Waals surface area contributed by atoms with Gasteiger partial charge in [0.25, 0.3) is 0 Å². The van der Waals surface area contributed by atoms with Crippen molar-refractivity contribution in [1.29, 1.82) is 0 Å². The SMILES string of the molecule is CCCCOc1ccc(-c2ccc(-c3ccc(/C=C/c4ccc(OCCCC)c(F)c4)cc3)c(F)c2F)cc1. The maximum absolute atomic E-state index is 15.1. The Morgan fingerprint density at radius 1 is 0.590 bits per heavy atom. The summed E-state index contributed by atoms with van der Waals surface area (Å²) < 4.78 is 55.6. The predicted octanol–water partition coefficient (Wildman–Crippen LogP) is 9.97. The summed E-state index contributed by atoms with van der Waals surface area (Å²) in [6, 6.07) is 22.2. The van der Waals surface area contributed by atoms with Crippen LogP contribution in [0.3, 0.4) is 0 Å². The molecule has 0 unspecified atom stereocenters. The van der Waals surface area contributed by atoms with E-state index in [1.54, 1.807) is 66.7 Å². The number of unbranched alkanes of at least 4 members (excludes halogenated alkanes) is 2. The van der Waals surface area contributed by atoms with E-state index in [9.17, 15) is 4.39 Å². The van der Waals surface area contributed by atoms with Crippen molar-refractivity contribution in [3.8, 4) is 33.8 Å². The first-order valence-corrected chi connectivity index (χ1v) is 13.4. The standard InChI is InChI=1S/C34H33F3O2/c1-3-5-21-38-28-16-14-27(15-17-28)30-19-18-29(33(36)34(30)37)26-12-9-24(10-13-26)7-8-25-11-20-32(31(35)23-25)39-22-6-4-2/h7-20,23H,3-6,21-22H2,1-2H3/b8-7+. The van der Waals surface area contributed by atoms with Gasteiger partial charge in [0.1, 0.15) is 5.75 Å². The fourth-order valence-corrected chi connectivity index (χ4v) is 4.09. The molecule has 202 valence electrons. The number of benzene rings is 4. The van der Waals surface area contributed by atoms with Gasteiger partial charge >= 0.3 is 0 Å². The first-order chi connectivity index (χ1) is 19.0. The second kappa shape index (κ2) is 13.7. The van der Waals surface area contributed by atoms with E-state index in [0.29, 0.717) is 35.7 Å². The lowest BCUT2D eigenvalue weighted by Gasteiger charge is -2.11. The molecule has 0 amide bonds. The summed E-state index contributed by atoms with van der Waals surface area (Å²) in [6.07, 6.45) is 7.50. The molecule has 0 radical (unpaired) electrons. The van der Waals surface area contributed by atoms with E-state index < -0.39 is 17.5 Å². The quantitative estimate of drug-likeness (QED) is 0.134. The minimum absolute atomic E-state index is 0.187. The van der Waals surface area contributed by atoms with Crippen LogP contribution in [0.5, 0.6) is 11.5 Å². The molecule has 2 nitrogen and oxygen atoms in total. The van der Waals surface area contributed by atoms with Gasteiger partial charge in [-0.05, 0) is 59.4 Å². The van der Waals surface area contributed by atoms with Crippen molar-refractivity contribution >= 4 is 12.2 Å². The molecule has 4 rings (SSSR count). The summed E-state index contributed by atoms with van der Waals surface area (Å²) in [5.41, 5.74) is 3.08. The van der Waals surface area contributed by atoms with Crippen molar-refractivity contribution in [1.82, 2.24) is 0 Å². The molecule has 0 N–H and O–H groups in total. The fourth-order valence-electron chi connectivity index (χ4n) is 4.09. The molecule has 0 atom stereocenters. The summed E-state index contributed by atoms with van der Waals surface area (Å²) in [5, 5.41) is 0. The number of halogens is 3. The molecule has 5 heteroatoms. The highest BCUT2D eigenvalue weighted by molar-refractivity contribution is 5.75. The van der Waals surface area contributed by atoms with Gasteiger partial charge in [0.15, 0.2) is 23.2 Å². The van der Waals surface area contributed by atoms with Crippen molar-refractivity contribution in [2.75, 3.05) is 13.2 Å². The lowest BCUT2D eigenvalue weighted by Crippen LogP contribution is -1.98. The average Bonchev–Trinajstić information content (AvgIpc) is 2.95. The Morgan fingerprint density at radius 3 is 1.67 bits per heavy atom. The summed E-state index contributed by atoms with van der Waals surface area (Å²) >= 11 is 0. The van der Waals surface area contributed by atoms with Crippen molar-refractivity contribution < 1.29 is 22.6 Å². The zero-order valence-electron chi connectivity index (χ0n) is 22.4. The maximum Gasteiger partial charge on any atom is 0.167 e. The molecule has 0 heterocycles. The van der Waals surface area contributed by atoms with Gasteiger partial charge in [0, 0.05) is 11.1 Å². The Bertz CT molecular complexity index is 1390. The third-order valence-corrected chi connectivity index (χ3v) is 6.42. The molecule has 0 bridgehead atoms. The predicted molar refractivity (Wildman–Crippen MR) is 153 cm³/mol. The van der Waals surface area contributed by atoms with Crippen LogP contribution in [0.25, 0.3) is 34.4 Å². The van der Waals surface area contributed by atoms with E-state index in [1.165, 1.54) is 6.07 Å². The van der Waals surface area contributed by atoms with E-state index >= 15 is 8.78 Å². The summed E-state index contributed by atoms with van der Waals surface area (Å²) in [6.45, 7) is 5.26. The Hall–Kier alpha value is -3.99. The van der Waals surface area contributed by atoms with Crippen molar-refractivity contribution in [2.24, 2.45) is 0 Å². The minimum Gasteiger partial charge on any atom is -0.494 e. The van der Waals surface area contributed by atoms with Crippen molar-refractivity contribution in [3.05, 3.63) is 107 Å². The Balaban J connectivity index is 1.45. The largest absolute Gasteiger partial charge is 0.494 e. The zero-order chi connectivity index (χ0) is 27.6. The second-order valence-electron chi connectivity index (χ2n) is 9.36. The van der Waals surface area contributed by atoms with Crippen LogP contribution in [0.2, 0.25) is 0 Å². The smallest absolute Gasteiger partial charge is 0.167 e. The first kappa shape index (κ1) is 28.0. The lowest BCUT2D eigenvalue weighted by atomic mass is 9.98. The van der Waals surface area contributed by atoms with Gasteiger partial charge in [-0.3, -0.25) is 0 Å². The molecule has 0 aliphatic rings. The van der Waals surface area contributed by atoms with Crippen LogP contribution in [0.4, 0.5) is 13.2 Å². The fraction of sp³-hybridized carbons (Fsp3) is 0.235. The monoisotopic (exact) mass is 530 g/mol. The molecule has 4 aromatic carbocycles. The van der Waals surface area contributed by atoms with Crippen LogP contribution in [0.15, 0.2) is 78.9 Å². The van der Waals surface area contributed by atoms with Crippen LogP contribution in [0, 0.1) is 17.5 Å². The molecule has 0 aliphatic heterocycles. The number of rotatable bonds is 12. The van der Waals surface area contributed by atoms with Gasteiger partial charge in [0.05, 0.1) is 13.2 Å². The van der Waals surface area contributed by atoms with Crippen molar-refractivity contribution in [3.63, 3.8) is 0 Å². The van der Waals surface area contributed by atoms with E-state index in [-0.39, 0.29) is 16.9 Å². The number of hydrogen-bond acceptors (Lipinski definition) is 2. The summed E-state index contributed by atoms with van der Waals surface area (Å²) in [4.78, 5) is 0. The molecule has 0 aliphatic carbocycles. The van der Waals surface area contributed by atoms with Gasteiger partial charge in [0.2, 0.25) is 0 Å². The molecule has 39 heavy (non-hydrogen) atoms. The van der Waals surface area contributed by atoms with E-state index in [4.69, 9.17) is 9.47 Å². The van der Waals surface area contributed by atoms with Crippen LogP contribution >= 0.6 is 0 Å². The minimum atomic E-state index is -0.893. The van der Waals surface area contributed by atoms with Crippen molar-refractivity contribution in [2.45, 2.75) is 39.5 Å². The average molecular weight is 531 g/mol. The molecule has 0 fully saturated rings. The van der Waals surface area contributed by atoms with E-state index in [0.717, 1.165) is 31.2 Å². The van der Waals surface area contributed by atoms with E-state index in [1.807, 2.05) is 18.2 Å². The Labute approximate surface area is 228 Å². The maximum atomic E-state index is 15.1. The summed E-state index contributed by atoms with van der Waals surface area (Å²) in [5.74, 6) is -1.23. The number of hydrogen-bond donors (Lipinski definition) is 0. The van der Waals surface area contributed by atoms with Crippen LogP contribution in [-0.4, -0.2) is 13.2 Å². The van der Waals surface area contributed by atoms with E-state index in [2.05, 4.69) is 13.8 Å². The Kier molecular flexibility index (Phi) is 9.85. The molecular weight excluding hydrogens is 497 g/mol. The zero-order valence-corrected chi connectivity index (χ0v) is 22.4. The molecule has 4 aromatic rings. The Morgan fingerprint density at radius 2 is 1.10 bits per heavy atom. The normalized spacial score (nSPS) is 11.2.